The van der Waals surface area contributed by atoms with Crippen molar-refractivity contribution in [3.63, 3.8) is 0 Å². The first-order valence-corrected chi connectivity index (χ1v) is 9.91. The number of nitrogens with one attached hydrogen (secondary N) is 1. The second-order valence-electron chi connectivity index (χ2n) is 5.66. The maximum Gasteiger partial charge on any atom is 0.271 e. The number of carbonyl (C=O) groups is 1. The van der Waals surface area contributed by atoms with Gasteiger partial charge in [-0.15, -0.1) is 11.8 Å². The van der Waals surface area contributed by atoms with Crippen LogP contribution in [0.15, 0.2) is 82.8 Å². The number of carbonyl (C=O) groups excluding carboxylic acids is 1. The summed E-state index contributed by atoms with van der Waals surface area (Å²) in [6.45, 7) is 0. The number of amides is 1. The van der Waals surface area contributed by atoms with Gasteiger partial charge in [-0.3, -0.25) is 4.79 Å². The monoisotopic (exact) mass is 414 g/mol. The summed E-state index contributed by atoms with van der Waals surface area (Å²) >= 11 is 13.6. The average Bonchev–Trinajstić information content (AvgIpc) is 2.69. The molecule has 0 radical (unpaired) electrons. The van der Waals surface area contributed by atoms with Crippen LogP contribution in [0.4, 0.5) is 0 Å². The van der Waals surface area contributed by atoms with Crippen molar-refractivity contribution in [1.29, 1.82) is 0 Å². The molecule has 3 rings (SSSR count). The maximum atomic E-state index is 12.2. The number of hydrazone groups is 1. The molecular weight excluding hydrogens is 399 g/mol. The maximum absolute atomic E-state index is 12.2. The zero-order valence-corrected chi connectivity index (χ0v) is 16.6. The number of rotatable bonds is 6. The lowest BCUT2D eigenvalue weighted by Gasteiger charge is -2.04. The Bertz CT molecular complexity index is 941. The van der Waals surface area contributed by atoms with E-state index in [0.29, 0.717) is 10.6 Å². The molecule has 3 aromatic rings. The second-order valence-corrected chi connectivity index (χ2v) is 7.55. The fraction of sp³-hybridized carbons (Fsp3) is 0.0476. The van der Waals surface area contributed by atoms with E-state index in [0.717, 1.165) is 26.8 Å². The largest absolute Gasteiger partial charge is 0.271 e. The molecule has 0 aliphatic carbocycles. The Kier molecular flexibility index (Phi) is 6.93. The molecule has 0 fully saturated rings. The van der Waals surface area contributed by atoms with Crippen molar-refractivity contribution in [2.45, 2.75) is 10.6 Å². The number of hydrogen-bond acceptors (Lipinski definition) is 3. The molecule has 0 bridgehead atoms. The third-order valence-corrected chi connectivity index (χ3v) is 5.39. The highest BCUT2D eigenvalue weighted by molar-refractivity contribution is 7.98. The van der Waals surface area contributed by atoms with Gasteiger partial charge in [-0.05, 0) is 48.0 Å². The molecule has 0 unspecified atom stereocenters. The van der Waals surface area contributed by atoms with Crippen molar-refractivity contribution in [3.05, 3.63) is 99.5 Å². The quantitative estimate of drug-likeness (QED) is 0.303. The summed E-state index contributed by atoms with van der Waals surface area (Å²) in [6.07, 6.45) is 1.53. The molecule has 3 aromatic carbocycles. The summed E-state index contributed by atoms with van der Waals surface area (Å²) in [5.41, 5.74) is 4.93. The Morgan fingerprint density at radius 1 is 0.963 bits per heavy atom. The first-order valence-electron chi connectivity index (χ1n) is 8.17. The van der Waals surface area contributed by atoms with Crippen LogP contribution in [-0.4, -0.2) is 12.1 Å². The zero-order chi connectivity index (χ0) is 19.1. The van der Waals surface area contributed by atoms with Crippen LogP contribution < -0.4 is 5.43 Å². The van der Waals surface area contributed by atoms with Crippen molar-refractivity contribution >= 4 is 47.1 Å². The van der Waals surface area contributed by atoms with Crippen molar-refractivity contribution in [2.75, 3.05) is 0 Å². The Morgan fingerprint density at radius 3 is 2.37 bits per heavy atom. The molecule has 1 amide bonds. The molecule has 0 aromatic heterocycles. The van der Waals surface area contributed by atoms with Gasteiger partial charge in [0.15, 0.2) is 0 Å². The van der Waals surface area contributed by atoms with Gasteiger partial charge in [-0.1, -0.05) is 53.5 Å². The van der Waals surface area contributed by atoms with E-state index in [-0.39, 0.29) is 5.91 Å². The van der Waals surface area contributed by atoms with Gasteiger partial charge < -0.3 is 0 Å². The first kappa shape index (κ1) is 19.5. The van der Waals surface area contributed by atoms with E-state index in [9.17, 15) is 4.79 Å². The molecule has 3 nitrogen and oxygen atoms in total. The molecule has 0 spiro atoms. The predicted molar refractivity (Wildman–Crippen MR) is 114 cm³/mol. The average molecular weight is 415 g/mol. The third kappa shape index (κ3) is 5.86. The lowest BCUT2D eigenvalue weighted by atomic mass is 10.1. The van der Waals surface area contributed by atoms with E-state index in [4.69, 9.17) is 23.2 Å². The van der Waals surface area contributed by atoms with Crippen molar-refractivity contribution in [2.24, 2.45) is 5.10 Å². The summed E-state index contributed by atoms with van der Waals surface area (Å²) in [7, 11) is 0. The van der Waals surface area contributed by atoms with Crippen molar-refractivity contribution < 1.29 is 4.79 Å². The van der Waals surface area contributed by atoms with Gasteiger partial charge in [-0.2, -0.15) is 5.10 Å². The summed E-state index contributed by atoms with van der Waals surface area (Å²) in [5.74, 6) is 0.545. The molecule has 27 heavy (non-hydrogen) atoms. The number of hydrogen-bond donors (Lipinski definition) is 1. The van der Waals surface area contributed by atoms with Crippen LogP contribution in [0.5, 0.6) is 0 Å². The number of thioether (sulfide) groups is 1. The number of benzene rings is 3. The molecule has 0 heterocycles. The Balaban J connectivity index is 1.54. The summed E-state index contributed by atoms with van der Waals surface area (Å²) in [5, 5.41) is 5.27. The molecule has 0 aliphatic rings. The third-order valence-electron chi connectivity index (χ3n) is 3.71. The highest BCUT2D eigenvalue weighted by Crippen LogP contribution is 2.24. The van der Waals surface area contributed by atoms with Gasteiger partial charge >= 0.3 is 0 Å². The Labute approximate surface area is 172 Å². The fourth-order valence-corrected chi connectivity index (χ4v) is 3.42. The Morgan fingerprint density at radius 2 is 1.67 bits per heavy atom. The molecule has 6 heteroatoms. The van der Waals surface area contributed by atoms with E-state index in [2.05, 4.69) is 10.5 Å². The Hall–Kier alpha value is -2.27. The van der Waals surface area contributed by atoms with Crippen LogP contribution in [0.3, 0.4) is 0 Å². The number of halogens is 2. The van der Waals surface area contributed by atoms with Crippen molar-refractivity contribution in [3.8, 4) is 0 Å². The van der Waals surface area contributed by atoms with E-state index in [1.54, 1.807) is 30.0 Å². The molecule has 0 aliphatic heterocycles. The van der Waals surface area contributed by atoms with Crippen molar-refractivity contribution in [1.82, 2.24) is 5.43 Å². The normalized spacial score (nSPS) is 10.9. The van der Waals surface area contributed by atoms with Crippen LogP contribution in [0.1, 0.15) is 21.5 Å². The highest BCUT2D eigenvalue weighted by Gasteiger charge is 2.05. The fourth-order valence-electron chi connectivity index (χ4n) is 2.25. The summed E-state index contributed by atoms with van der Waals surface area (Å²) in [6, 6.07) is 22.5. The molecule has 0 saturated carbocycles. The lowest BCUT2D eigenvalue weighted by Crippen LogP contribution is -2.17. The van der Waals surface area contributed by atoms with Gasteiger partial charge in [0.05, 0.1) is 6.21 Å². The van der Waals surface area contributed by atoms with Gasteiger partial charge in [0.25, 0.3) is 5.91 Å². The molecule has 0 atom stereocenters. The van der Waals surface area contributed by atoms with Gasteiger partial charge in [0.2, 0.25) is 0 Å². The minimum absolute atomic E-state index is 0.268. The summed E-state index contributed by atoms with van der Waals surface area (Å²) in [4.78, 5) is 13.3. The standard InChI is InChI=1S/C21H16Cl2N2OS/c22-18-9-11-19(12-10-18)27-14-15-5-7-16(8-6-15)21(26)25-24-13-17-3-1-2-4-20(17)23/h1-13H,14H2,(H,25,26)/b24-13-. The SMILES string of the molecule is O=C(N/N=C\c1ccccc1Cl)c1ccc(CSc2ccc(Cl)cc2)cc1. The number of nitrogens with zero attached hydrogens (tertiary/aromatic N) is 1. The molecule has 0 saturated heterocycles. The van der Waals surface area contributed by atoms with Crippen LogP contribution in [-0.2, 0) is 5.75 Å². The zero-order valence-electron chi connectivity index (χ0n) is 14.2. The van der Waals surface area contributed by atoms with Gasteiger partial charge in [0.1, 0.15) is 0 Å². The second kappa shape index (κ2) is 9.60. The van der Waals surface area contributed by atoms with E-state index >= 15 is 0 Å². The molecular formula is C21H16Cl2N2OS. The molecule has 1 N–H and O–H groups in total. The van der Waals surface area contributed by atoms with E-state index in [1.807, 2.05) is 54.6 Å². The topological polar surface area (TPSA) is 41.5 Å². The minimum atomic E-state index is -0.268. The first-order chi connectivity index (χ1) is 13.1. The highest BCUT2D eigenvalue weighted by atomic mass is 35.5. The molecule has 136 valence electrons. The van der Waals surface area contributed by atoms with Crippen LogP contribution in [0.25, 0.3) is 0 Å². The van der Waals surface area contributed by atoms with Crippen LogP contribution in [0, 0.1) is 0 Å². The van der Waals surface area contributed by atoms with Crippen LogP contribution in [0.2, 0.25) is 10.0 Å². The van der Waals surface area contributed by atoms with E-state index < -0.39 is 0 Å². The van der Waals surface area contributed by atoms with Gasteiger partial charge in [-0.25, -0.2) is 5.43 Å². The van der Waals surface area contributed by atoms with E-state index in [1.165, 1.54) is 6.21 Å². The lowest BCUT2D eigenvalue weighted by molar-refractivity contribution is 0.0955. The smallest absolute Gasteiger partial charge is 0.267 e. The van der Waals surface area contributed by atoms with Crippen LogP contribution >= 0.6 is 35.0 Å². The minimum Gasteiger partial charge on any atom is -0.267 e. The van der Waals surface area contributed by atoms with Gasteiger partial charge in [0, 0.05) is 31.8 Å². The summed E-state index contributed by atoms with van der Waals surface area (Å²) < 4.78 is 0. The predicted octanol–water partition coefficient (Wildman–Crippen LogP) is 6.05.